The smallest absolute Gasteiger partial charge is 0 e. The number of benzene rings is 4. The van der Waals surface area contributed by atoms with Crippen LogP contribution < -0.4 is 0 Å². The van der Waals surface area contributed by atoms with Gasteiger partial charge in [-0.05, 0) is 11.4 Å². The number of aromatic nitrogens is 2. The van der Waals surface area contributed by atoms with Gasteiger partial charge in [-0.25, -0.2) is 0 Å². The van der Waals surface area contributed by atoms with E-state index in [0.29, 0.717) is 0 Å². The Bertz CT molecular complexity index is 1340. The second-order valence-corrected chi connectivity index (χ2v) is 7.37. The molecule has 0 aliphatic rings. The molecule has 0 saturated carbocycles. The zero-order valence-corrected chi connectivity index (χ0v) is 20.2. The largest absolute Gasteiger partial charge is 0.386 e. The Balaban J connectivity index is 0.000000152. The van der Waals surface area contributed by atoms with Gasteiger partial charge in [0, 0.05) is 20.1 Å². The van der Waals surface area contributed by atoms with Gasteiger partial charge in [-0.15, -0.1) is 33.7 Å². The Hall–Kier alpha value is -3.65. The average Bonchev–Trinajstić information content (AvgIpc) is 2.89. The van der Waals surface area contributed by atoms with E-state index in [1.165, 1.54) is 21.5 Å². The van der Waals surface area contributed by atoms with E-state index in [2.05, 4.69) is 70.9 Å². The maximum Gasteiger partial charge on any atom is 0 e. The van der Waals surface area contributed by atoms with Gasteiger partial charge in [-0.3, -0.25) is 0 Å². The Morgan fingerprint density at radius 3 is 1.21 bits per heavy atom. The van der Waals surface area contributed by atoms with Crippen molar-refractivity contribution in [3.63, 3.8) is 0 Å². The maximum absolute atomic E-state index is 4.35. The van der Waals surface area contributed by atoms with Crippen molar-refractivity contribution in [2.24, 2.45) is 0 Å². The van der Waals surface area contributed by atoms with E-state index in [1.54, 1.807) is 0 Å². The van der Waals surface area contributed by atoms with Crippen molar-refractivity contribution in [2.45, 2.75) is 0 Å². The number of pyridine rings is 2. The van der Waals surface area contributed by atoms with Crippen LogP contribution in [0.4, 0.5) is 0 Å². The summed E-state index contributed by atoms with van der Waals surface area (Å²) in [7, 11) is 0. The van der Waals surface area contributed by atoms with Crippen LogP contribution in [0.1, 0.15) is 0 Å². The van der Waals surface area contributed by atoms with Gasteiger partial charge in [-0.1, -0.05) is 121 Å². The minimum atomic E-state index is 0. The minimum Gasteiger partial charge on any atom is -0.386 e. The fraction of sp³-hybridized carbons (Fsp3) is 0. The van der Waals surface area contributed by atoms with Crippen molar-refractivity contribution in [3.8, 4) is 22.5 Å². The standard InChI is InChI=1S/2C15H10N.Ir/c2*1-2-7-13(8-3-1)15-14-9-5-4-6-12(14)10-11-16-15;/h2*1-10H;/q2*-1;. The van der Waals surface area contributed by atoms with E-state index in [4.69, 9.17) is 0 Å². The molecule has 0 amide bonds. The van der Waals surface area contributed by atoms with Crippen LogP contribution >= 0.6 is 0 Å². The molecule has 0 fully saturated rings. The summed E-state index contributed by atoms with van der Waals surface area (Å²) in [6, 6.07) is 40.8. The van der Waals surface area contributed by atoms with Gasteiger partial charge in [0.2, 0.25) is 0 Å². The van der Waals surface area contributed by atoms with Gasteiger partial charge < -0.3 is 9.97 Å². The quantitative estimate of drug-likeness (QED) is 0.194. The van der Waals surface area contributed by atoms with Crippen LogP contribution in [0.3, 0.4) is 0 Å². The van der Waals surface area contributed by atoms with Crippen LogP contribution in [-0.4, -0.2) is 9.97 Å². The number of nitrogens with zero attached hydrogens (tertiary/aromatic N) is 2. The van der Waals surface area contributed by atoms with Crippen LogP contribution in [-0.2, 0) is 20.1 Å². The molecule has 33 heavy (non-hydrogen) atoms. The van der Waals surface area contributed by atoms with E-state index in [9.17, 15) is 0 Å². The predicted octanol–water partition coefficient (Wildman–Crippen LogP) is 7.40. The van der Waals surface area contributed by atoms with Gasteiger partial charge >= 0.3 is 0 Å². The summed E-state index contributed by atoms with van der Waals surface area (Å²) in [6.45, 7) is 0. The summed E-state index contributed by atoms with van der Waals surface area (Å²) in [4.78, 5) is 8.70. The van der Waals surface area contributed by atoms with Crippen LogP contribution in [0.15, 0.2) is 121 Å². The van der Waals surface area contributed by atoms with Crippen molar-refractivity contribution >= 4 is 21.5 Å². The third-order valence-corrected chi connectivity index (χ3v) is 5.32. The van der Waals surface area contributed by atoms with Crippen LogP contribution in [0, 0.1) is 12.4 Å². The molecule has 0 N–H and O–H groups in total. The van der Waals surface area contributed by atoms with E-state index in [-0.39, 0.29) is 20.1 Å². The molecular weight excluding hydrogens is 581 g/mol. The first-order valence-electron chi connectivity index (χ1n) is 10.5. The van der Waals surface area contributed by atoms with Crippen molar-refractivity contribution < 1.29 is 20.1 Å². The molecule has 161 valence electrons. The van der Waals surface area contributed by atoms with Gasteiger partial charge in [-0.2, -0.15) is 12.1 Å². The fourth-order valence-corrected chi connectivity index (χ4v) is 3.76. The molecule has 0 spiro atoms. The molecule has 2 nitrogen and oxygen atoms in total. The molecule has 2 aromatic heterocycles. The molecule has 0 aliphatic carbocycles. The summed E-state index contributed by atoms with van der Waals surface area (Å²) in [5.41, 5.74) is 4.27. The molecule has 0 bridgehead atoms. The molecule has 0 atom stereocenters. The first kappa shape index (κ1) is 22.5. The minimum absolute atomic E-state index is 0. The number of hydrogen-bond acceptors (Lipinski definition) is 2. The molecule has 4 aromatic carbocycles. The average molecular weight is 601 g/mol. The number of rotatable bonds is 2. The van der Waals surface area contributed by atoms with Gasteiger partial charge in [0.1, 0.15) is 0 Å². The molecule has 0 aliphatic heterocycles. The van der Waals surface area contributed by atoms with E-state index >= 15 is 0 Å². The summed E-state index contributed by atoms with van der Waals surface area (Å²) >= 11 is 0. The third kappa shape index (κ3) is 5.06. The van der Waals surface area contributed by atoms with E-state index in [1.807, 2.05) is 72.8 Å². The SMILES string of the molecule is [Ir].[c-]1cc2ccccc2c(-c2ccccc2)n1.[c-]1cc2ccccc2c(-c2ccccc2)n1. The molecule has 6 rings (SSSR count). The van der Waals surface area contributed by atoms with E-state index in [0.717, 1.165) is 22.5 Å². The third-order valence-electron chi connectivity index (χ3n) is 5.32. The zero-order valence-electron chi connectivity index (χ0n) is 17.8. The van der Waals surface area contributed by atoms with Gasteiger partial charge in [0.25, 0.3) is 0 Å². The molecule has 1 radical (unpaired) electrons. The van der Waals surface area contributed by atoms with Crippen molar-refractivity contribution in [1.29, 1.82) is 0 Å². The molecule has 0 unspecified atom stereocenters. The second-order valence-electron chi connectivity index (χ2n) is 7.37. The van der Waals surface area contributed by atoms with Gasteiger partial charge in [0.05, 0.1) is 0 Å². The Morgan fingerprint density at radius 2 is 0.788 bits per heavy atom. The molecule has 0 saturated heterocycles. The Labute approximate surface area is 207 Å². The zero-order chi connectivity index (χ0) is 21.6. The molecular formula is C30H20IrN2-2. The topological polar surface area (TPSA) is 25.8 Å². The van der Waals surface area contributed by atoms with Crippen molar-refractivity contribution in [2.75, 3.05) is 0 Å². The van der Waals surface area contributed by atoms with Crippen LogP contribution in [0.5, 0.6) is 0 Å². The Morgan fingerprint density at radius 1 is 0.424 bits per heavy atom. The summed E-state index contributed by atoms with van der Waals surface area (Å²) in [5, 5.41) is 4.70. The first-order chi connectivity index (χ1) is 15.9. The molecule has 3 heteroatoms. The fourth-order valence-electron chi connectivity index (χ4n) is 3.76. The monoisotopic (exact) mass is 601 g/mol. The number of hydrogen-bond donors (Lipinski definition) is 0. The van der Waals surface area contributed by atoms with Gasteiger partial charge in [0.15, 0.2) is 0 Å². The predicted molar refractivity (Wildman–Crippen MR) is 132 cm³/mol. The normalized spacial score (nSPS) is 10.2. The Kier molecular flexibility index (Phi) is 7.36. The van der Waals surface area contributed by atoms with E-state index < -0.39 is 0 Å². The molecule has 2 heterocycles. The summed E-state index contributed by atoms with van der Waals surface area (Å²) < 4.78 is 0. The molecule has 6 aromatic rings. The maximum atomic E-state index is 4.35. The summed E-state index contributed by atoms with van der Waals surface area (Å²) in [6.07, 6.45) is 5.90. The van der Waals surface area contributed by atoms with Crippen molar-refractivity contribution in [3.05, 3.63) is 134 Å². The first-order valence-corrected chi connectivity index (χ1v) is 10.5. The second kappa shape index (κ2) is 10.8. The van der Waals surface area contributed by atoms with Crippen LogP contribution in [0.25, 0.3) is 44.1 Å². The number of fused-ring (bicyclic) bond motifs is 2. The van der Waals surface area contributed by atoms with Crippen molar-refractivity contribution in [1.82, 2.24) is 9.97 Å². The van der Waals surface area contributed by atoms with Crippen LogP contribution in [0.2, 0.25) is 0 Å². The summed E-state index contributed by atoms with van der Waals surface area (Å²) in [5.74, 6) is 0.